The highest BCUT2D eigenvalue weighted by Gasteiger charge is 2.31. The van der Waals surface area contributed by atoms with Crippen molar-refractivity contribution < 1.29 is 8.42 Å². The van der Waals surface area contributed by atoms with Gasteiger partial charge in [-0.1, -0.05) is 48.5 Å². The number of nitrogens with one attached hydrogen (secondary N) is 1. The van der Waals surface area contributed by atoms with Crippen LogP contribution in [0.25, 0.3) is 16.9 Å². The van der Waals surface area contributed by atoms with Gasteiger partial charge in [0.05, 0.1) is 11.9 Å². The number of para-hydroxylation sites is 1. The minimum atomic E-state index is -3.60. The van der Waals surface area contributed by atoms with Gasteiger partial charge in [0.1, 0.15) is 10.6 Å². The first kappa shape index (κ1) is 15.1. The van der Waals surface area contributed by atoms with E-state index in [0.29, 0.717) is 5.69 Å². The summed E-state index contributed by atoms with van der Waals surface area (Å²) in [5.74, 6) is 0. The maximum Gasteiger partial charge on any atom is 0.244 e. The van der Waals surface area contributed by atoms with Crippen molar-refractivity contribution in [1.82, 2.24) is 14.5 Å². The second kappa shape index (κ2) is 5.89. The molecule has 0 aliphatic heterocycles. The predicted octanol–water partition coefficient (Wildman–Crippen LogP) is 2.98. The van der Waals surface area contributed by atoms with E-state index in [1.807, 2.05) is 60.7 Å². The molecule has 1 aliphatic carbocycles. The Balaban J connectivity index is 1.85. The van der Waals surface area contributed by atoms with Crippen LogP contribution >= 0.6 is 0 Å². The van der Waals surface area contributed by atoms with E-state index in [1.165, 1.54) is 0 Å². The summed E-state index contributed by atoms with van der Waals surface area (Å²) in [4.78, 5) is 0.212. The Morgan fingerprint density at radius 3 is 2.21 bits per heavy atom. The third-order valence-electron chi connectivity index (χ3n) is 3.94. The minimum Gasteiger partial charge on any atom is -0.239 e. The highest BCUT2D eigenvalue weighted by atomic mass is 32.2. The van der Waals surface area contributed by atoms with Gasteiger partial charge in [-0.2, -0.15) is 5.10 Å². The van der Waals surface area contributed by atoms with Crippen LogP contribution in [-0.2, 0) is 10.0 Å². The normalized spacial score (nSPS) is 14.7. The van der Waals surface area contributed by atoms with E-state index in [1.54, 1.807) is 10.9 Å². The molecule has 0 radical (unpaired) electrons. The van der Waals surface area contributed by atoms with E-state index in [9.17, 15) is 8.42 Å². The van der Waals surface area contributed by atoms with Crippen LogP contribution < -0.4 is 4.72 Å². The van der Waals surface area contributed by atoms with E-state index in [2.05, 4.69) is 9.82 Å². The molecule has 1 aromatic heterocycles. The van der Waals surface area contributed by atoms with E-state index >= 15 is 0 Å². The number of hydrogen-bond acceptors (Lipinski definition) is 3. The zero-order chi connectivity index (χ0) is 16.6. The van der Waals surface area contributed by atoms with E-state index in [4.69, 9.17) is 0 Å². The Morgan fingerprint density at radius 1 is 0.958 bits per heavy atom. The standard InChI is InChI=1S/C18H17N3O2S/c22-24(23,20-15-11-12-15)17-13-21(16-9-5-2-6-10-16)19-18(17)14-7-3-1-4-8-14/h1-10,13,15,20H,11-12H2. The Labute approximate surface area is 141 Å². The zero-order valence-electron chi connectivity index (χ0n) is 13.0. The molecule has 122 valence electrons. The van der Waals surface area contributed by atoms with E-state index in [-0.39, 0.29) is 10.9 Å². The first-order valence-electron chi connectivity index (χ1n) is 7.86. The Morgan fingerprint density at radius 2 is 1.58 bits per heavy atom. The maximum atomic E-state index is 12.8. The minimum absolute atomic E-state index is 0.0544. The van der Waals surface area contributed by atoms with E-state index in [0.717, 1.165) is 24.1 Å². The van der Waals surface area contributed by atoms with Gasteiger partial charge < -0.3 is 0 Å². The number of rotatable bonds is 5. The molecule has 0 saturated heterocycles. The van der Waals surface area contributed by atoms with Gasteiger partial charge in [-0.15, -0.1) is 0 Å². The smallest absolute Gasteiger partial charge is 0.239 e. The van der Waals surface area contributed by atoms with Gasteiger partial charge in [0.25, 0.3) is 0 Å². The summed E-state index contributed by atoms with van der Waals surface area (Å²) in [5, 5.41) is 4.54. The number of nitrogens with zero attached hydrogens (tertiary/aromatic N) is 2. The molecule has 1 fully saturated rings. The molecule has 2 aromatic carbocycles. The van der Waals surface area contributed by atoms with Crippen LogP contribution in [0, 0.1) is 0 Å². The van der Waals surface area contributed by atoms with Crippen molar-refractivity contribution in [2.75, 3.05) is 0 Å². The van der Waals surface area contributed by atoms with Crippen LogP contribution in [0.1, 0.15) is 12.8 Å². The monoisotopic (exact) mass is 339 g/mol. The molecule has 24 heavy (non-hydrogen) atoms. The fourth-order valence-electron chi connectivity index (χ4n) is 2.55. The van der Waals surface area contributed by atoms with Crippen LogP contribution in [0.15, 0.2) is 71.8 Å². The molecule has 0 atom stereocenters. The van der Waals surface area contributed by atoms with Gasteiger partial charge in [-0.25, -0.2) is 17.8 Å². The van der Waals surface area contributed by atoms with Gasteiger partial charge in [-0.3, -0.25) is 0 Å². The summed E-state index contributed by atoms with van der Waals surface area (Å²) in [7, 11) is -3.60. The van der Waals surface area contributed by atoms with Gasteiger partial charge >= 0.3 is 0 Å². The Kier molecular flexibility index (Phi) is 3.70. The average molecular weight is 339 g/mol. The van der Waals surface area contributed by atoms with Crippen molar-refractivity contribution in [3.63, 3.8) is 0 Å². The zero-order valence-corrected chi connectivity index (χ0v) is 13.8. The highest BCUT2D eigenvalue weighted by molar-refractivity contribution is 7.89. The summed E-state index contributed by atoms with van der Waals surface area (Å²) in [5.41, 5.74) is 2.07. The van der Waals surface area contributed by atoms with Crippen LogP contribution in [0.2, 0.25) is 0 Å². The number of hydrogen-bond donors (Lipinski definition) is 1. The molecular formula is C18H17N3O2S. The maximum absolute atomic E-state index is 12.8. The third kappa shape index (κ3) is 2.98. The lowest BCUT2D eigenvalue weighted by atomic mass is 10.2. The van der Waals surface area contributed by atoms with Crippen molar-refractivity contribution in [2.45, 2.75) is 23.8 Å². The fourth-order valence-corrected chi connectivity index (χ4v) is 4.00. The predicted molar refractivity (Wildman–Crippen MR) is 92.3 cm³/mol. The third-order valence-corrected chi connectivity index (χ3v) is 5.46. The molecule has 4 rings (SSSR count). The molecule has 0 amide bonds. The van der Waals surface area contributed by atoms with E-state index < -0.39 is 10.0 Å². The Bertz CT molecular complexity index is 946. The second-order valence-corrected chi connectivity index (χ2v) is 7.57. The lowest BCUT2D eigenvalue weighted by Gasteiger charge is -2.05. The van der Waals surface area contributed by atoms with Crippen molar-refractivity contribution in [1.29, 1.82) is 0 Å². The summed E-state index contributed by atoms with van der Waals surface area (Å²) in [6, 6.07) is 18.9. The number of benzene rings is 2. The molecule has 0 bridgehead atoms. The number of sulfonamides is 1. The summed E-state index contributed by atoms with van der Waals surface area (Å²) < 4.78 is 29.9. The molecule has 5 nitrogen and oxygen atoms in total. The molecule has 1 N–H and O–H groups in total. The van der Waals surface area contributed by atoms with Crippen LogP contribution in [0.4, 0.5) is 0 Å². The quantitative estimate of drug-likeness (QED) is 0.777. The average Bonchev–Trinajstić information content (AvgIpc) is 3.28. The molecule has 1 aliphatic rings. The van der Waals surface area contributed by atoms with Crippen LogP contribution in [0.5, 0.6) is 0 Å². The molecule has 1 saturated carbocycles. The largest absolute Gasteiger partial charge is 0.244 e. The summed E-state index contributed by atoms with van der Waals surface area (Å²) in [6.07, 6.45) is 3.38. The van der Waals surface area contributed by atoms with Crippen molar-refractivity contribution in [3.8, 4) is 16.9 Å². The lowest BCUT2D eigenvalue weighted by molar-refractivity contribution is 0.581. The van der Waals surface area contributed by atoms with Gasteiger partial charge in [0, 0.05) is 11.6 Å². The van der Waals surface area contributed by atoms with Gasteiger partial charge in [0.2, 0.25) is 10.0 Å². The topological polar surface area (TPSA) is 64.0 Å². The summed E-state index contributed by atoms with van der Waals surface area (Å²) in [6.45, 7) is 0. The Hall–Kier alpha value is -2.44. The molecular weight excluding hydrogens is 322 g/mol. The SMILES string of the molecule is O=S(=O)(NC1CC1)c1cn(-c2ccccc2)nc1-c1ccccc1. The molecule has 6 heteroatoms. The lowest BCUT2D eigenvalue weighted by Crippen LogP contribution is -2.25. The first-order chi connectivity index (χ1) is 11.6. The first-order valence-corrected chi connectivity index (χ1v) is 9.35. The van der Waals surface area contributed by atoms with Crippen LogP contribution in [0.3, 0.4) is 0 Å². The molecule has 1 heterocycles. The molecule has 0 spiro atoms. The van der Waals surface area contributed by atoms with Crippen molar-refractivity contribution in [2.24, 2.45) is 0 Å². The second-order valence-electron chi connectivity index (χ2n) is 5.88. The van der Waals surface area contributed by atoms with Crippen LogP contribution in [-0.4, -0.2) is 24.2 Å². The summed E-state index contributed by atoms with van der Waals surface area (Å²) >= 11 is 0. The van der Waals surface area contributed by atoms with Crippen molar-refractivity contribution in [3.05, 3.63) is 66.9 Å². The number of aromatic nitrogens is 2. The van der Waals surface area contributed by atoms with Gasteiger partial charge in [-0.05, 0) is 25.0 Å². The fraction of sp³-hybridized carbons (Fsp3) is 0.167. The highest BCUT2D eigenvalue weighted by Crippen LogP contribution is 2.29. The molecule has 0 unspecified atom stereocenters. The molecule has 3 aromatic rings. The van der Waals surface area contributed by atoms with Gasteiger partial charge in [0.15, 0.2) is 0 Å². The van der Waals surface area contributed by atoms with Crippen molar-refractivity contribution >= 4 is 10.0 Å².